The van der Waals surface area contributed by atoms with Gasteiger partial charge in [-0.3, -0.25) is 9.48 Å². The maximum atomic E-state index is 15.9. The molecule has 3 aromatic carbocycles. The number of nitrogens with zero attached hydrogens (tertiary/aromatic N) is 6. The Hall–Kier alpha value is -4.38. The van der Waals surface area contributed by atoms with Crippen LogP contribution in [0.1, 0.15) is 38.6 Å². The lowest BCUT2D eigenvalue weighted by molar-refractivity contribution is 0.0281. The maximum absolute atomic E-state index is 15.9. The van der Waals surface area contributed by atoms with E-state index in [0.29, 0.717) is 38.5 Å². The van der Waals surface area contributed by atoms with Crippen LogP contribution in [0, 0.1) is 6.92 Å². The second-order valence-corrected chi connectivity index (χ2v) is 9.31. The van der Waals surface area contributed by atoms with E-state index >= 15 is 8.78 Å². The summed E-state index contributed by atoms with van der Waals surface area (Å²) in [7, 11) is 3.08. The zero-order valence-electron chi connectivity index (χ0n) is 21.3. The van der Waals surface area contributed by atoms with Crippen LogP contribution in [0.2, 0.25) is 5.02 Å². The topological polar surface area (TPSA) is 99.8 Å². The summed E-state index contributed by atoms with van der Waals surface area (Å²) in [6.45, 7) is 1.95. The van der Waals surface area contributed by atoms with E-state index < -0.39 is 11.7 Å². The van der Waals surface area contributed by atoms with Gasteiger partial charge in [0.15, 0.2) is 0 Å². The van der Waals surface area contributed by atoms with Crippen LogP contribution >= 0.6 is 11.6 Å². The Labute approximate surface area is 227 Å². The normalized spacial score (nSPS) is 11.6. The zero-order chi connectivity index (χ0) is 27.7. The Morgan fingerprint density at radius 2 is 1.85 bits per heavy atom. The maximum Gasteiger partial charge on any atom is 0.333 e. The summed E-state index contributed by atoms with van der Waals surface area (Å²) in [5.74, 6) is -3.75. The van der Waals surface area contributed by atoms with Crippen LogP contribution in [-0.4, -0.2) is 50.1 Å². The summed E-state index contributed by atoms with van der Waals surface area (Å²) >= 11 is 6.44. The number of amides is 1. The van der Waals surface area contributed by atoms with Crippen molar-refractivity contribution in [3.05, 3.63) is 99.5 Å². The number of aryl methyl sites for hydroxylation is 1. The summed E-state index contributed by atoms with van der Waals surface area (Å²) < 4.78 is 39.6. The van der Waals surface area contributed by atoms with Crippen molar-refractivity contribution in [1.29, 1.82) is 0 Å². The number of alkyl halides is 2. The number of rotatable bonds is 8. The molecule has 0 saturated carbocycles. The highest BCUT2D eigenvalue weighted by atomic mass is 35.5. The second kappa shape index (κ2) is 10.4. The molecule has 0 aliphatic heterocycles. The smallest absolute Gasteiger partial charge is 0.333 e. The van der Waals surface area contributed by atoms with E-state index in [0.717, 1.165) is 10.2 Å². The predicted octanol–water partition coefficient (Wildman–Crippen LogP) is 4.59. The van der Waals surface area contributed by atoms with Crippen LogP contribution in [0.5, 0.6) is 5.75 Å². The number of nitrogens with one attached hydrogen (secondary N) is 1. The molecule has 2 aromatic heterocycles. The fourth-order valence-electron chi connectivity index (χ4n) is 4.44. The number of hydrogen-bond acceptors (Lipinski definition) is 6. The third kappa shape index (κ3) is 4.92. The standard InChI is InChI=1S/C27H24ClF2N7O2/c1-16-20-12-9-18(13-24(20)36(33-16)15-22-21(25(38)31-2)5-4-6-23(22)28)27(29,30)26-32-34-35-37(26)14-17-7-10-19(39-3)11-8-17/h4-13H,14-15H2,1-3H3,(H,31,38). The van der Waals surface area contributed by atoms with Crippen molar-refractivity contribution in [2.45, 2.75) is 25.9 Å². The van der Waals surface area contributed by atoms with Gasteiger partial charge in [-0.25, -0.2) is 4.68 Å². The van der Waals surface area contributed by atoms with Gasteiger partial charge < -0.3 is 10.1 Å². The van der Waals surface area contributed by atoms with Gasteiger partial charge in [0.1, 0.15) is 5.75 Å². The van der Waals surface area contributed by atoms with Gasteiger partial charge in [-0.1, -0.05) is 41.9 Å². The summed E-state index contributed by atoms with van der Waals surface area (Å²) in [4.78, 5) is 12.4. The third-order valence-electron chi connectivity index (χ3n) is 6.50. The number of fused-ring (bicyclic) bond motifs is 1. The number of tetrazole rings is 1. The molecule has 0 spiro atoms. The van der Waals surface area contributed by atoms with Gasteiger partial charge in [-0.05, 0) is 53.2 Å². The molecule has 0 bridgehead atoms. The molecule has 0 saturated heterocycles. The van der Waals surface area contributed by atoms with Crippen LogP contribution in [-0.2, 0) is 19.0 Å². The molecule has 39 heavy (non-hydrogen) atoms. The number of ether oxygens (including phenoxy) is 1. The molecule has 0 aliphatic rings. The Morgan fingerprint density at radius 1 is 1.08 bits per heavy atom. The van der Waals surface area contributed by atoms with E-state index in [-0.39, 0.29) is 24.6 Å². The molecule has 5 rings (SSSR count). The van der Waals surface area contributed by atoms with Crippen molar-refractivity contribution in [3.8, 4) is 5.75 Å². The minimum atomic E-state index is -3.51. The number of methoxy groups -OCH3 is 1. The summed E-state index contributed by atoms with van der Waals surface area (Å²) in [5, 5.41) is 19.2. The minimum Gasteiger partial charge on any atom is -0.497 e. The molecule has 0 atom stereocenters. The van der Waals surface area contributed by atoms with E-state index in [1.54, 1.807) is 67.2 Å². The quantitative estimate of drug-likeness (QED) is 0.303. The number of carbonyl (C=O) groups excluding carboxylic acids is 1. The summed E-state index contributed by atoms with van der Waals surface area (Å²) in [6, 6.07) is 16.3. The van der Waals surface area contributed by atoms with Gasteiger partial charge >= 0.3 is 5.92 Å². The first-order valence-corrected chi connectivity index (χ1v) is 12.3. The van der Waals surface area contributed by atoms with E-state index in [1.807, 2.05) is 0 Å². The fraction of sp³-hybridized carbons (Fsp3) is 0.222. The SMILES string of the molecule is CNC(=O)c1cccc(Cl)c1Cn1nc(C)c2ccc(C(F)(F)c3nnnn3Cc3ccc(OC)cc3)cc21. The fourth-order valence-corrected chi connectivity index (χ4v) is 4.68. The zero-order valence-corrected chi connectivity index (χ0v) is 22.1. The lowest BCUT2D eigenvalue weighted by Crippen LogP contribution is -2.23. The molecule has 2 heterocycles. The highest BCUT2D eigenvalue weighted by molar-refractivity contribution is 6.31. The number of carbonyl (C=O) groups is 1. The van der Waals surface area contributed by atoms with Gasteiger partial charge in [0.25, 0.3) is 5.91 Å². The second-order valence-electron chi connectivity index (χ2n) is 8.90. The number of aromatic nitrogens is 6. The Balaban J connectivity index is 1.52. The Morgan fingerprint density at radius 3 is 2.56 bits per heavy atom. The number of hydrogen-bond donors (Lipinski definition) is 1. The molecule has 5 aromatic rings. The molecule has 0 fully saturated rings. The van der Waals surface area contributed by atoms with Gasteiger partial charge in [-0.2, -0.15) is 13.9 Å². The first-order chi connectivity index (χ1) is 18.7. The molecule has 0 unspecified atom stereocenters. The Kier molecular flexibility index (Phi) is 7.00. The molecule has 0 radical (unpaired) electrons. The molecule has 200 valence electrons. The minimum absolute atomic E-state index is 0.0516. The van der Waals surface area contributed by atoms with Crippen molar-refractivity contribution in [2.24, 2.45) is 0 Å². The van der Waals surface area contributed by atoms with Crippen molar-refractivity contribution in [3.63, 3.8) is 0 Å². The Bertz CT molecular complexity index is 1670. The molecule has 1 amide bonds. The lowest BCUT2D eigenvalue weighted by Gasteiger charge is -2.17. The molecule has 12 heteroatoms. The van der Waals surface area contributed by atoms with Gasteiger partial charge in [0.05, 0.1) is 31.4 Å². The monoisotopic (exact) mass is 551 g/mol. The van der Waals surface area contributed by atoms with E-state index in [2.05, 4.69) is 25.9 Å². The number of benzene rings is 3. The average molecular weight is 552 g/mol. The molecule has 9 nitrogen and oxygen atoms in total. The average Bonchev–Trinajstić information content (AvgIpc) is 3.54. The highest BCUT2D eigenvalue weighted by Crippen LogP contribution is 2.36. The van der Waals surface area contributed by atoms with Crippen LogP contribution in [0.15, 0.2) is 60.7 Å². The van der Waals surface area contributed by atoms with Crippen LogP contribution in [0.4, 0.5) is 8.78 Å². The first-order valence-electron chi connectivity index (χ1n) is 12.0. The first kappa shape index (κ1) is 26.2. The third-order valence-corrected chi connectivity index (χ3v) is 6.86. The summed E-state index contributed by atoms with van der Waals surface area (Å²) in [5.41, 5.74) is 2.46. The van der Waals surface area contributed by atoms with Crippen molar-refractivity contribution < 1.29 is 18.3 Å². The van der Waals surface area contributed by atoms with Gasteiger partial charge in [0.2, 0.25) is 5.82 Å². The molecule has 0 aliphatic carbocycles. The summed E-state index contributed by atoms with van der Waals surface area (Å²) in [6.07, 6.45) is 0. The van der Waals surface area contributed by atoms with Crippen molar-refractivity contribution in [1.82, 2.24) is 35.3 Å². The van der Waals surface area contributed by atoms with Crippen LogP contribution in [0.3, 0.4) is 0 Å². The molecule has 1 N–H and O–H groups in total. The lowest BCUT2D eigenvalue weighted by atomic mass is 10.0. The van der Waals surface area contributed by atoms with E-state index in [9.17, 15) is 4.79 Å². The van der Waals surface area contributed by atoms with E-state index in [1.165, 1.54) is 19.2 Å². The molecular formula is C27H24ClF2N7O2. The van der Waals surface area contributed by atoms with Crippen LogP contribution < -0.4 is 10.1 Å². The van der Waals surface area contributed by atoms with Crippen molar-refractivity contribution in [2.75, 3.05) is 14.2 Å². The number of halogens is 3. The van der Waals surface area contributed by atoms with Gasteiger partial charge in [0, 0.05) is 34.1 Å². The largest absolute Gasteiger partial charge is 0.497 e. The molecular weight excluding hydrogens is 528 g/mol. The predicted molar refractivity (Wildman–Crippen MR) is 141 cm³/mol. The van der Waals surface area contributed by atoms with Crippen LogP contribution in [0.25, 0.3) is 10.9 Å². The van der Waals surface area contributed by atoms with E-state index in [4.69, 9.17) is 16.3 Å². The van der Waals surface area contributed by atoms with Crippen molar-refractivity contribution >= 4 is 28.4 Å². The highest BCUT2D eigenvalue weighted by Gasteiger charge is 2.40. The van der Waals surface area contributed by atoms with Gasteiger partial charge in [-0.15, -0.1) is 5.10 Å².